The van der Waals surface area contributed by atoms with Crippen LogP contribution in [0.4, 0.5) is 0 Å². The molecule has 0 aliphatic carbocycles. The van der Waals surface area contributed by atoms with E-state index in [1.165, 1.54) is 0 Å². The molecule has 146 valence electrons. The van der Waals surface area contributed by atoms with E-state index in [2.05, 4.69) is 89.3 Å². The Morgan fingerprint density at radius 1 is 0.793 bits per heavy atom. The maximum Gasteiger partial charge on any atom is 0.121 e. The molecule has 0 fully saturated rings. The highest BCUT2D eigenvalue weighted by Gasteiger charge is 2.38. The second-order valence-electron chi connectivity index (χ2n) is 7.32. The van der Waals surface area contributed by atoms with Crippen LogP contribution in [0.1, 0.15) is 48.3 Å². The van der Waals surface area contributed by atoms with E-state index in [0.717, 1.165) is 23.1 Å². The fraction of sp³-hybridized carbons (Fsp3) is 0.192. The maximum absolute atomic E-state index is 10.5. The van der Waals surface area contributed by atoms with Crippen molar-refractivity contribution in [1.29, 1.82) is 0 Å². The lowest BCUT2D eigenvalue weighted by molar-refractivity contribution is 0.162. The van der Waals surface area contributed by atoms with Crippen molar-refractivity contribution in [2.45, 2.75) is 31.4 Å². The molecule has 4 aromatic rings. The molecule has 4 rings (SSSR count). The second kappa shape index (κ2) is 8.46. The van der Waals surface area contributed by atoms with Crippen LogP contribution in [-0.2, 0) is 5.54 Å². The average Bonchev–Trinajstić information content (AvgIpc) is 3.27. The van der Waals surface area contributed by atoms with E-state index in [0.29, 0.717) is 12.1 Å². The molecule has 1 heterocycles. The van der Waals surface area contributed by atoms with Crippen LogP contribution in [0.2, 0.25) is 0 Å². The van der Waals surface area contributed by atoms with Crippen LogP contribution in [0, 0.1) is 0 Å². The summed E-state index contributed by atoms with van der Waals surface area (Å²) in [5.74, 6) is 0. The quantitative estimate of drug-likeness (QED) is 0.425. The van der Waals surface area contributed by atoms with Gasteiger partial charge in [0.05, 0.1) is 18.1 Å². The molecule has 0 bridgehead atoms. The third kappa shape index (κ3) is 3.50. The van der Waals surface area contributed by atoms with Crippen molar-refractivity contribution < 1.29 is 5.11 Å². The Labute approximate surface area is 172 Å². The minimum absolute atomic E-state index is 0.554. The van der Waals surface area contributed by atoms with E-state index < -0.39 is 11.6 Å². The fourth-order valence-electron chi connectivity index (χ4n) is 4.10. The van der Waals surface area contributed by atoms with Crippen LogP contribution < -0.4 is 0 Å². The standard InChI is InChI=1S/C26H26N2O/c1-2-12-25(29)24-19-28(20-27-24)26(21-13-6-3-7-14-21,22-15-8-4-9-16-22)23-17-10-5-11-18-23/h3-11,13-20,25,29H,2,12H2,1H3. The lowest BCUT2D eigenvalue weighted by atomic mass is 9.77. The van der Waals surface area contributed by atoms with Crippen molar-refractivity contribution in [2.75, 3.05) is 0 Å². The number of aliphatic hydroxyl groups is 1. The molecule has 0 spiro atoms. The summed E-state index contributed by atoms with van der Waals surface area (Å²) in [4.78, 5) is 4.59. The zero-order valence-corrected chi connectivity index (χ0v) is 16.6. The van der Waals surface area contributed by atoms with E-state index in [1.807, 2.05) is 30.7 Å². The Balaban J connectivity index is 2.01. The highest BCUT2D eigenvalue weighted by atomic mass is 16.3. The highest BCUT2D eigenvalue weighted by molar-refractivity contribution is 5.50. The third-order valence-electron chi connectivity index (χ3n) is 5.47. The Bertz CT molecular complexity index is 929. The first-order valence-corrected chi connectivity index (χ1v) is 10.2. The molecule has 0 amide bonds. The topological polar surface area (TPSA) is 38.0 Å². The number of benzene rings is 3. The largest absolute Gasteiger partial charge is 0.387 e. The van der Waals surface area contributed by atoms with E-state index in [9.17, 15) is 5.11 Å². The summed E-state index contributed by atoms with van der Waals surface area (Å²) >= 11 is 0. The van der Waals surface area contributed by atoms with Gasteiger partial charge in [-0.25, -0.2) is 4.98 Å². The Morgan fingerprint density at radius 2 is 1.24 bits per heavy atom. The van der Waals surface area contributed by atoms with E-state index in [-0.39, 0.29) is 0 Å². The molecule has 29 heavy (non-hydrogen) atoms. The Kier molecular flexibility index (Phi) is 5.59. The van der Waals surface area contributed by atoms with Crippen molar-refractivity contribution in [3.63, 3.8) is 0 Å². The van der Waals surface area contributed by atoms with Gasteiger partial charge in [-0.15, -0.1) is 0 Å². The smallest absolute Gasteiger partial charge is 0.121 e. The molecule has 0 aliphatic rings. The predicted octanol–water partition coefficient (Wildman–Crippen LogP) is 5.56. The van der Waals surface area contributed by atoms with E-state index in [4.69, 9.17) is 0 Å². The van der Waals surface area contributed by atoms with Crippen molar-refractivity contribution >= 4 is 0 Å². The molecule has 0 radical (unpaired) electrons. The van der Waals surface area contributed by atoms with Gasteiger partial charge < -0.3 is 9.67 Å². The summed E-state index contributed by atoms with van der Waals surface area (Å²) < 4.78 is 2.14. The summed E-state index contributed by atoms with van der Waals surface area (Å²) in [7, 11) is 0. The van der Waals surface area contributed by atoms with E-state index >= 15 is 0 Å². The van der Waals surface area contributed by atoms with E-state index in [1.54, 1.807) is 0 Å². The first kappa shape index (κ1) is 19.2. The van der Waals surface area contributed by atoms with Gasteiger partial charge in [0, 0.05) is 6.20 Å². The summed E-state index contributed by atoms with van der Waals surface area (Å²) in [5, 5.41) is 10.5. The number of imidazole rings is 1. The number of rotatable bonds is 7. The lowest BCUT2D eigenvalue weighted by Gasteiger charge is -2.37. The molecule has 3 heteroatoms. The van der Waals surface area contributed by atoms with Crippen LogP contribution in [0.5, 0.6) is 0 Å². The Hall–Kier alpha value is -3.17. The van der Waals surface area contributed by atoms with Gasteiger partial charge in [-0.1, -0.05) is 104 Å². The first-order valence-electron chi connectivity index (χ1n) is 10.2. The molecule has 3 aromatic carbocycles. The molecule has 0 saturated heterocycles. The van der Waals surface area contributed by atoms with Crippen molar-refractivity contribution in [2.24, 2.45) is 0 Å². The second-order valence-corrected chi connectivity index (χ2v) is 7.32. The van der Waals surface area contributed by atoms with Crippen molar-refractivity contribution in [1.82, 2.24) is 9.55 Å². The molecular formula is C26H26N2O. The molecule has 0 aliphatic heterocycles. The fourth-order valence-corrected chi connectivity index (χ4v) is 4.10. The number of hydrogen-bond acceptors (Lipinski definition) is 2. The minimum Gasteiger partial charge on any atom is -0.387 e. The molecule has 1 aromatic heterocycles. The summed E-state index contributed by atoms with van der Waals surface area (Å²) in [6.07, 6.45) is 4.90. The molecule has 3 nitrogen and oxygen atoms in total. The first-order chi connectivity index (χ1) is 14.3. The van der Waals surface area contributed by atoms with Gasteiger partial charge in [0.25, 0.3) is 0 Å². The van der Waals surface area contributed by atoms with Gasteiger partial charge in [-0.05, 0) is 23.1 Å². The normalized spacial score (nSPS) is 12.6. The van der Waals surface area contributed by atoms with Crippen molar-refractivity contribution in [3.05, 3.63) is 126 Å². The van der Waals surface area contributed by atoms with Crippen LogP contribution in [0.15, 0.2) is 104 Å². The summed E-state index contributed by atoms with van der Waals surface area (Å²) in [6.45, 7) is 2.07. The van der Waals surface area contributed by atoms with Crippen molar-refractivity contribution in [3.8, 4) is 0 Å². The van der Waals surface area contributed by atoms with Crippen LogP contribution in [0.3, 0.4) is 0 Å². The predicted molar refractivity (Wildman–Crippen MR) is 117 cm³/mol. The molecule has 1 N–H and O–H groups in total. The number of aliphatic hydroxyl groups excluding tert-OH is 1. The number of nitrogens with zero attached hydrogens (tertiary/aromatic N) is 2. The lowest BCUT2D eigenvalue weighted by Crippen LogP contribution is -2.37. The summed E-state index contributed by atoms with van der Waals surface area (Å²) in [6, 6.07) is 31.5. The van der Waals surface area contributed by atoms with Gasteiger partial charge in [0.15, 0.2) is 0 Å². The molecular weight excluding hydrogens is 356 g/mol. The van der Waals surface area contributed by atoms with Gasteiger partial charge in [0.1, 0.15) is 5.54 Å². The SMILES string of the molecule is CCCC(O)c1cn(C(c2ccccc2)(c2ccccc2)c2ccccc2)cn1. The average molecular weight is 383 g/mol. The summed E-state index contributed by atoms with van der Waals surface area (Å²) in [5.41, 5.74) is 3.56. The van der Waals surface area contributed by atoms with Gasteiger partial charge in [-0.2, -0.15) is 0 Å². The zero-order chi connectivity index (χ0) is 20.1. The minimum atomic E-state index is -0.582. The zero-order valence-electron chi connectivity index (χ0n) is 16.6. The van der Waals surface area contributed by atoms with Gasteiger partial charge >= 0.3 is 0 Å². The molecule has 1 unspecified atom stereocenters. The highest BCUT2D eigenvalue weighted by Crippen LogP contribution is 2.41. The maximum atomic E-state index is 10.5. The van der Waals surface area contributed by atoms with Crippen LogP contribution in [-0.4, -0.2) is 14.7 Å². The molecule has 1 atom stereocenters. The molecule has 0 saturated carbocycles. The van der Waals surface area contributed by atoms with Crippen LogP contribution in [0.25, 0.3) is 0 Å². The van der Waals surface area contributed by atoms with Crippen LogP contribution >= 0.6 is 0 Å². The van der Waals surface area contributed by atoms with Gasteiger partial charge in [-0.3, -0.25) is 0 Å². The third-order valence-corrected chi connectivity index (χ3v) is 5.47. The van der Waals surface area contributed by atoms with Gasteiger partial charge in [0.2, 0.25) is 0 Å². The number of hydrogen-bond donors (Lipinski definition) is 1. The monoisotopic (exact) mass is 382 g/mol. The Morgan fingerprint density at radius 3 is 1.66 bits per heavy atom. The number of aromatic nitrogens is 2.